The Balaban J connectivity index is -0.0000000326. The molecule has 1 radical (unpaired) electrons. The molecule has 0 saturated heterocycles. The fourth-order valence-electron chi connectivity index (χ4n) is 0. The van der Waals surface area contributed by atoms with Crippen LogP contribution in [-0.4, -0.2) is 22.7 Å². The van der Waals surface area contributed by atoms with E-state index in [0.29, 0.717) is 0 Å². The third-order valence-electron chi connectivity index (χ3n) is 0. The Morgan fingerprint density at radius 3 is 1.40 bits per heavy atom. The van der Waals surface area contributed by atoms with Crippen LogP contribution in [0, 0.1) is 0 Å². The molecule has 0 aliphatic carbocycles. The van der Waals surface area contributed by atoms with Crippen molar-refractivity contribution in [2.24, 2.45) is 0 Å². The van der Waals surface area contributed by atoms with Crippen molar-refractivity contribution in [3.05, 3.63) is 5.41 Å². The minimum atomic E-state index is -5.17. The normalized spacial score (nSPS) is 6.60. The zero-order valence-corrected chi connectivity index (χ0v) is 7.27. The summed E-state index contributed by atoms with van der Waals surface area (Å²) in [5, 5.41) is 8.47. The second kappa shape index (κ2) is 11.9. The van der Waals surface area contributed by atoms with E-state index in [9.17, 15) is 0 Å². The second-order valence-corrected chi connectivity index (χ2v) is 1.50. The maximum absolute atomic E-state index is 8.52. The molecular weight excluding hydrogens is 232 g/mol. The van der Waals surface area contributed by atoms with E-state index >= 15 is 0 Å². The first-order valence-corrected chi connectivity index (χ1v) is 2.84. The summed E-state index contributed by atoms with van der Waals surface area (Å²) in [7, 11) is -5.17. The minimum Gasteiger partial charge on any atom is -0.759 e. The molecule has 6 nitrogen and oxygen atoms in total. The molecule has 0 aromatic carbocycles. The summed E-state index contributed by atoms with van der Waals surface area (Å²) in [6.45, 7) is 0. The second-order valence-electron chi connectivity index (χ2n) is 0.500. The predicted molar refractivity (Wildman–Crippen MR) is 32.4 cm³/mol. The molecule has 0 saturated carbocycles. The van der Waals surface area contributed by atoms with Gasteiger partial charge in [0.15, 0.2) is 0 Å². The average Bonchev–Trinajstić information content (AvgIpc) is 1.27. The fraction of sp³-hybridized carbons (Fsp3) is 0. The van der Waals surface area contributed by atoms with Crippen LogP contribution in [0.25, 0.3) is 5.41 Å². The van der Waals surface area contributed by atoms with Gasteiger partial charge in [-0.2, -0.15) is 5.16 Å². The minimum absolute atomic E-state index is 0. The van der Waals surface area contributed by atoms with Crippen LogP contribution in [0.2, 0.25) is 0 Å². The van der Waals surface area contributed by atoms with Crippen molar-refractivity contribution in [1.29, 1.82) is 0 Å². The van der Waals surface area contributed by atoms with Crippen molar-refractivity contribution in [1.82, 2.24) is 6.15 Å². The van der Waals surface area contributed by atoms with Crippen LogP contribution in [0.4, 0.5) is 0 Å². The van der Waals surface area contributed by atoms with Gasteiger partial charge in [-0.05, 0) is 0 Å². The predicted octanol–water partition coefficient (Wildman–Crippen LogP) is -0.306. The van der Waals surface area contributed by atoms with E-state index in [2.05, 4.69) is 12.2 Å². The summed E-state index contributed by atoms with van der Waals surface area (Å²) in [5.74, 6) is 0. The van der Waals surface area contributed by atoms with Crippen LogP contribution in [0.15, 0.2) is 0 Å². The molecule has 0 aliphatic heterocycles. The Hall–Kier alpha value is 0.149. The van der Waals surface area contributed by atoms with Gasteiger partial charge in [0.2, 0.25) is 0 Å². The number of thiocarbonyl (C=S) groups is 1. The van der Waals surface area contributed by atoms with E-state index in [1.165, 1.54) is 5.16 Å². The molecule has 0 spiro atoms. The molecule has 0 aromatic rings. The van der Waals surface area contributed by atoms with Crippen LogP contribution in [-0.2, 0) is 27.5 Å². The Kier molecular flexibility index (Phi) is 26.7. The van der Waals surface area contributed by atoms with Crippen molar-refractivity contribution in [2.75, 3.05) is 0 Å². The smallest absolute Gasteiger partial charge is 0.759 e. The van der Waals surface area contributed by atoms with Gasteiger partial charge in [-0.1, -0.05) is 12.2 Å². The Morgan fingerprint density at radius 2 is 1.40 bits per heavy atom. The molecule has 10 heavy (non-hydrogen) atoms. The molecule has 0 atom stereocenters. The van der Waals surface area contributed by atoms with Gasteiger partial charge in [0, 0.05) is 10.4 Å². The van der Waals surface area contributed by atoms with Crippen LogP contribution in [0.5, 0.6) is 0 Å². The number of hydrogen-bond acceptors (Lipinski definition) is 5. The number of isothiocyanates is 1. The Morgan fingerprint density at radius 1 is 1.40 bits per heavy atom. The van der Waals surface area contributed by atoms with Crippen LogP contribution in [0.1, 0.15) is 0 Å². The van der Waals surface area contributed by atoms with Gasteiger partial charge >= 0.3 is 17.1 Å². The number of rotatable bonds is 0. The standard InChI is InChI=1S/CNS.Cu.H3N.H2O4S/c2-1-3;;;1-5(2,3)4/h;;1H3;(H2,1,2,3,4)/q-1;+2;;/p-1. The third kappa shape index (κ3) is 18600. The molecule has 0 aliphatic rings. The number of nitrogens with zero attached hydrogens (tertiary/aromatic N) is 1. The summed E-state index contributed by atoms with van der Waals surface area (Å²) in [6.07, 6.45) is 0. The van der Waals surface area contributed by atoms with Gasteiger partial charge < -0.3 is 20.7 Å². The first kappa shape index (κ1) is 22.5. The Labute approximate surface area is 74.2 Å². The third-order valence-corrected chi connectivity index (χ3v) is 0. The van der Waals surface area contributed by atoms with Crippen molar-refractivity contribution in [3.63, 3.8) is 0 Å². The first-order chi connectivity index (χ1) is 3.41. The molecule has 4 N–H and O–H groups in total. The van der Waals surface area contributed by atoms with E-state index in [4.69, 9.17) is 22.9 Å². The summed E-state index contributed by atoms with van der Waals surface area (Å²) in [5.41, 5.74) is 0. The van der Waals surface area contributed by atoms with Gasteiger partial charge in [-0.25, -0.2) is 0 Å². The summed E-state index contributed by atoms with van der Waals surface area (Å²) in [4.78, 5) is 0. The van der Waals surface area contributed by atoms with E-state index < -0.39 is 10.4 Å². The van der Waals surface area contributed by atoms with Crippen LogP contribution >= 0.6 is 12.2 Å². The van der Waals surface area contributed by atoms with Gasteiger partial charge in [0.1, 0.15) is 0 Å². The van der Waals surface area contributed by atoms with Gasteiger partial charge in [-0.15, -0.1) is 0 Å². The van der Waals surface area contributed by atoms with Gasteiger partial charge in [0.25, 0.3) is 0 Å². The van der Waals surface area contributed by atoms with E-state index in [-0.39, 0.29) is 23.2 Å². The monoisotopic (exact) mass is 235 g/mol. The molecule has 0 bridgehead atoms. The van der Waals surface area contributed by atoms with Crippen molar-refractivity contribution < 1.29 is 34.6 Å². The average molecular weight is 236 g/mol. The topological polar surface area (TPSA) is 139 Å². The molecule has 0 heterocycles. The molecule has 9 heteroatoms. The summed E-state index contributed by atoms with van der Waals surface area (Å²) in [6, 6.07) is 0. The van der Waals surface area contributed by atoms with Crippen LogP contribution in [0.3, 0.4) is 0 Å². The largest absolute Gasteiger partial charge is 2.00 e. The molecule has 0 amide bonds. The molecular formula is CH4CuN2O4S2. The quantitative estimate of drug-likeness (QED) is 0.202. The fourth-order valence-corrected chi connectivity index (χ4v) is 0. The van der Waals surface area contributed by atoms with Crippen molar-refractivity contribution >= 4 is 27.8 Å². The summed E-state index contributed by atoms with van der Waals surface area (Å²) < 4.78 is 34.1. The summed E-state index contributed by atoms with van der Waals surface area (Å²) >= 11 is 3.70. The molecule has 0 fully saturated rings. The molecule has 0 aromatic heterocycles. The SMILES string of the molecule is O=S(=O)([O-])[O-].[Cu+2].[N-]=C=S.[NH4+]. The van der Waals surface area contributed by atoms with Crippen molar-refractivity contribution in [3.8, 4) is 0 Å². The zero-order chi connectivity index (χ0) is 7.21. The van der Waals surface area contributed by atoms with E-state index in [1.807, 2.05) is 0 Å². The molecule has 65 valence electrons. The van der Waals surface area contributed by atoms with E-state index in [1.54, 1.807) is 0 Å². The van der Waals surface area contributed by atoms with Crippen molar-refractivity contribution in [2.45, 2.75) is 0 Å². The van der Waals surface area contributed by atoms with Gasteiger partial charge in [0.05, 0.1) is 0 Å². The number of quaternary nitrogens is 1. The molecule has 0 rings (SSSR count). The maximum atomic E-state index is 8.52. The number of hydrogen-bond donors (Lipinski definition) is 1. The Bertz CT molecular complexity index is 162. The molecule has 0 unspecified atom stereocenters. The van der Waals surface area contributed by atoms with E-state index in [0.717, 1.165) is 0 Å². The first-order valence-electron chi connectivity index (χ1n) is 1.09. The zero-order valence-electron chi connectivity index (χ0n) is 4.70. The maximum Gasteiger partial charge on any atom is 2.00 e. The van der Waals surface area contributed by atoms with Crippen LogP contribution < -0.4 is 6.15 Å². The van der Waals surface area contributed by atoms with Gasteiger partial charge in [-0.3, -0.25) is 8.42 Å².